The summed E-state index contributed by atoms with van der Waals surface area (Å²) in [6, 6.07) is 24.9. The number of hydrogen-bond acceptors (Lipinski definition) is 13. The molecule has 38 heteroatoms. The Morgan fingerprint density at radius 1 is 0.485 bits per heavy atom. The number of amides is 9. The van der Waals surface area contributed by atoms with E-state index in [1.165, 1.54) is 105 Å². The molecule has 6 fully saturated rings. The molecule has 22 nitrogen and oxygen atoms in total. The predicted octanol–water partition coefficient (Wildman–Crippen LogP) is 18.3. The molecule has 4 saturated carbocycles. The number of aryl methyl sites for hydroxylation is 5. The van der Waals surface area contributed by atoms with Crippen molar-refractivity contribution in [1.29, 1.82) is 0 Å². The molecule has 4 bridgehead atoms. The molecule has 18 rings (SSSR count). The Morgan fingerprint density at radius 3 is 1.33 bits per heavy atom. The van der Waals surface area contributed by atoms with Gasteiger partial charge in [-0.2, -0.15) is 40.2 Å². The van der Waals surface area contributed by atoms with Gasteiger partial charge in [0.1, 0.15) is 46.4 Å². The quantitative estimate of drug-likeness (QED) is 0.0372. The van der Waals surface area contributed by atoms with Crippen molar-refractivity contribution in [1.82, 2.24) is 50.8 Å². The molecule has 132 heavy (non-hydrogen) atoms. The van der Waals surface area contributed by atoms with Gasteiger partial charge in [-0.15, -0.1) is 11.3 Å². The number of carbonyl (C=O) groups excluding carboxylic acids is 8. The number of anilines is 4. The number of urea groups is 1. The first-order chi connectivity index (χ1) is 62.3. The third-order valence-electron chi connectivity index (χ3n) is 24.6. The maximum Gasteiger partial charge on any atom is 0.366 e. The van der Waals surface area contributed by atoms with Crippen molar-refractivity contribution in [3.05, 3.63) is 311 Å². The second kappa shape index (κ2) is 37.3. The maximum absolute atomic E-state index is 15.4. The smallest absolute Gasteiger partial charge is 0.366 e. The van der Waals surface area contributed by atoms with E-state index in [0.717, 1.165) is 116 Å². The normalized spacial score (nSPS) is 18.1. The third kappa shape index (κ3) is 19.8. The highest BCUT2D eigenvalue weighted by Gasteiger charge is 2.60. The number of carbonyl (C=O) groups is 8. The lowest BCUT2D eigenvalue weighted by molar-refractivity contribution is -0.161. The number of nitrogens with one attached hydrogen (secondary N) is 8. The number of hydrogen-bond donors (Lipinski definition) is 8. The number of aromatic nitrogens is 4. The molecule has 690 valence electrons. The van der Waals surface area contributed by atoms with Gasteiger partial charge in [-0.05, 0) is 259 Å². The minimum absolute atomic E-state index is 0.0231. The van der Waals surface area contributed by atoms with Crippen molar-refractivity contribution < 1.29 is 104 Å². The minimum Gasteiger partial charge on any atom is -0.378 e. The van der Waals surface area contributed by atoms with Crippen LogP contribution in [0.2, 0.25) is 0 Å². The molecule has 4 aliphatic carbocycles. The topological polar surface area (TPSA) is 285 Å². The molecule has 4 aliphatic heterocycles. The zero-order chi connectivity index (χ0) is 95.2. The van der Waals surface area contributed by atoms with Crippen molar-refractivity contribution in [2.75, 3.05) is 47.4 Å². The highest BCUT2D eigenvalue weighted by Crippen LogP contribution is 2.61. The van der Waals surface area contributed by atoms with Crippen LogP contribution in [0.15, 0.2) is 176 Å². The number of rotatable bonds is 18. The lowest BCUT2D eigenvalue weighted by Gasteiger charge is -2.40. The van der Waals surface area contributed by atoms with Crippen LogP contribution in [0.3, 0.4) is 0 Å². The Hall–Kier alpha value is -13.7. The van der Waals surface area contributed by atoms with Gasteiger partial charge in [0.05, 0.1) is 51.4 Å². The Morgan fingerprint density at radius 2 is 0.894 bits per heavy atom. The van der Waals surface area contributed by atoms with Crippen LogP contribution in [0.4, 0.5) is 93.4 Å². The molecule has 1 spiro atoms. The number of thiazole rings is 1. The van der Waals surface area contributed by atoms with E-state index in [9.17, 15) is 69.1 Å². The summed E-state index contributed by atoms with van der Waals surface area (Å²) in [5, 5.41) is 25.6. The summed E-state index contributed by atoms with van der Waals surface area (Å²) >= 11 is 1.38. The van der Waals surface area contributed by atoms with Crippen LogP contribution < -0.4 is 37.2 Å². The largest absolute Gasteiger partial charge is 0.378 e. The number of benzene rings is 7. The fourth-order valence-electron chi connectivity index (χ4n) is 17.6. The average molecular weight is 1860 g/mol. The van der Waals surface area contributed by atoms with E-state index in [0.29, 0.717) is 88.6 Å². The summed E-state index contributed by atoms with van der Waals surface area (Å²) in [4.78, 5) is 111. The van der Waals surface area contributed by atoms with Gasteiger partial charge in [0.15, 0.2) is 0 Å². The van der Waals surface area contributed by atoms with Gasteiger partial charge >= 0.3 is 29.7 Å². The zero-order valence-electron chi connectivity index (χ0n) is 71.2. The first-order valence-electron chi connectivity index (χ1n) is 41.6. The fourth-order valence-corrected chi connectivity index (χ4v) is 18.6. The third-order valence-corrected chi connectivity index (χ3v) is 25.6. The molecule has 9 amide bonds. The van der Waals surface area contributed by atoms with Crippen LogP contribution in [0, 0.1) is 93.1 Å². The van der Waals surface area contributed by atoms with Gasteiger partial charge in [-0.1, -0.05) is 13.2 Å². The number of nitrogens with zero attached hydrogens (tertiary/aromatic N) is 6. The van der Waals surface area contributed by atoms with Gasteiger partial charge in [0.25, 0.3) is 41.4 Å². The molecule has 2 atom stereocenters. The van der Waals surface area contributed by atoms with Gasteiger partial charge in [0, 0.05) is 124 Å². The van der Waals surface area contributed by atoms with Crippen LogP contribution in [-0.2, 0) is 64.0 Å². The lowest BCUT2D eigenvalue weighted by Crippen LogP contribution is -2.55. The molecule has 8 N–H and O–H groups in total. The number of allylic oxidation sites excluding steroid dienone is 1. The molecular weight excluding hydrogens is 1770 g/mol. The summed E-state index contributed by atoms with van der Waals surface area (Å²) in [7, 11) is 0. The number of H-pyrrole nitrogens is 1. The fraction of sp³-hybridized carbons (Fsp3) is 0.309. The average Bonchev–Trinajstić information content (AvgIpc) is 1.56. The number of fused-ring (bicyclic) bond motifs is 2. The van der Waals surface area contributed by atoms with E-state index in [1.807, 2.05) is 6.92 Å². The van der Waals surface area contributed by atoms with E-state index >= 15 is 35.1 Å². The molecule has 2 saturated heterocycles. The Labute approximate surface area is 749 Å². The molecule has 0 radical (unpaired) electrons. The molecular formula is C94H85F15N14O8S. The van der Waals surface area contributed by atoms with Crippen LogP contribution in [0.5, 0.6) is 0 Å². The van der Waals surface area contributed by atoms with E-state index in [-0.39, 0.29) is 102 Å². The molecule has 7 heterocycles. The van der Waals surface area contributed by atoms with Crippen molar-refractivity contribution in [2.45, 2.75) is 140 Å². The van der Waals surface area contributed by atoms with Crippen LogP contribution in [0.25, 0.3) is 0 Å². The SMILES string of the molecule is C=C(NC12CC3CC(CC1C3)C2)C(F)(F)c1cc(C(=O)Nc2ccc(F)c(C)c2)ccc1F.C=C1NC(=O)NC12CCN(C(=O)C(F)(F)c1cc(C(=O)Nc3ccc(F)c(C)c3)ccc1F)CC2.Cc1cc(NC(=O)c2ccc(F)c(C(F)(F)C(=O)N3CCc4[nH]ncc4C3)c2)ccc1F.Cc1nc2c(s1)CN(C(=O)C(F)(F)c1cc(C(=O)Nc3ccc(F)c(C)c3)ccn1)CC2. The second-order valence-corrected chi connectivity index (χ2v) is 34.9. The van der Waals surface area contributed by atoms with Gasteiger partial charge in [0.2, 0.25) is 0 Å². The summed E-state index contributed by atoms with van der Waals surface area (Å²) in [5.74, 6) is -27.6. The molecule has 2 unspecified atom stereocenters. The molecule has 8 aliphatic rings. The number of piperidine rings is 1. The standard InChI is InChI=1S/C26H26F4N2O.C24H22F4N4O3.C22H18F4N4O2.C22H19F3N4O2S/c1-14-7-20(4-6-22(14)27)31-24(33)18-3-5-23(28)21(11-18)26(29,30)15(2)32-25-12-16-8-17(13-25)10-19(25)9-16;1-13-11-16(4-6-18(13)25)30-20(33)15-3-5-19(26)17(12-15)24(27,28)21(34)32-9-7-23(8-10-32)14(2)29-22(35)31-23;1-12-8-15(3-5-17(12)23)28-20(31)13-2-4-18(24)16(9-13)22(25,26)21(32)30-7-6-19-14(11-30)10-27-29-19;1-12-9-15(3-4-16(12)23)28-20(30)14-5-7-26-19(10-14)22(24,25)21(31)29-8-6-17-18(11-29)32-13(2)27-17/h3-7,11,16-17,19,32H,2,8-10,12-13H2,1H3,(H,31,33);3-6,11-12H,2,7-10H2,1H3,(H,30,33)(H2,29,31,35);2-5,8-10H,6-7,11H2,1H3,(H,27,29)(H,28,31);3-5,7,9-10H,6,8,11H2,1-2H3,(H,28,30). The number of pyridine rings is 1. The van der Waals surface area contributed by atoms with Crippen LogP contribution in [0.1, 0.15) is 158 Å². The van der Waals surface area contributed by atoms with Crippen molar-refractivity contribution in [2.24, 2.45) is 17.8 Å². The first-order valence-corrected chi connectivity index (χ1v) is 42.4. The molecule has 3 aromatic heterocycles. The minimum atomic E-state index is -4.24. The number of alkyl halides is 8. The monoisotopic (exact) mass is 1850 g/mol. The summed E-state index contributed by atoms with van der Waals surface area (Å²) in [6.07, 6.45) is 8.54. The van der Waals surface area contributed by atoms with Crippen LogP contribution in [-0.4, -0.2) is 120 Å². The molecule has 10 aromatic rings. The zero-order valence-corrected chi connectivity index (χ0v) is 72.0. The van der Waals surface area contributed by atoms with Gasteiger partial charge < -0.3 is 51.9 Å². The predicted molar refractivity (Wildman–Crippen MR) is 457 cm³/mol. The Bertz CT molecular complexity index is 6280. The maximum atomic E-state index is 15.4. The summed E-state index contributed by atoms with van der Waals surface area (Å²) in [5.41, 5.74) is -1.72. The highest BCUT2D eigenvalue weighted by atomic mass is 32.1. The number of halogens is 15. The first kappa shape index (κ1) is 94.4. The van der Waals surface area contributed by atoms with E-state index in [2.05, 4.69) is 70.5 Å². The number of likely N-dealkylation sites (tertiary alicyclic amines) is 1. The van der Waals surface area contributed by atoms with E-state index < -0.39 is 145 Å². The van der Waals surface area contributed by atoms with Crippen molar-refractivity contribution in [3.63, 3.8) is 0 Å². The van der Waals surface area contributed by atoms with Crippen LogP contribution >= 0.6 is 11.3 Å². The Kier molecular flexibility index (Phi) is 26.7. The Balaban J connectivity index is 0.000000142. The van der Waals surface area contributed by atoms with Gasteiger partial charge in [-0.3, -0.25) is 43.6 Å². The highest BCUT2D eigenvalue weighted by molar-refractivity contribution is 7.11. The number of aromatic amines is 1. The van der Waals surface area contributed by atoms with E-state index in [1.54, 1.807) is 13.8 Å². The molecule has 7 aromatic carbocycles. The lowest BCUT2D eigenvalue weighted by atomic mass is 9.80. The van der Waals surface area contributed by atoms with E-state index in [4.69, 9.17) is 0 Å². The van der Waals surface area contributed by atoms with Gasteiger partial charge in [-0.25, -0.2) is 40.5 Å². The van der Waals surface area contributed by atoms with Crippen molar-refractivity contribution >= 4 is 81.5 Å². The second-order valence-electron chi connectivity index (χ2n) is 33.6. The summed E-state index contributed by atoms with van der Waals surface area (Å²) < 4.78 is 218. The van der Waals surface area contributed by atoms with Crippen molar-refractivity contribution in [3.8, 4) is 0 Å². The summed E-state index contributed by atoms with van der Waals surface area (Å²) in [6.45, 7) is 15.2.